The molecule has 0 unspecified atom stereocenters. The highest BCUT2D eigenvalue weighted by atomic mass is 16.5. The minimum Gasteiger partial charge on any atom is -0.467 e. The van der Waals surface area contributed by atoms with Crippen molar-refractivity contribution in [3.8, 4) is 0 Å². The van der Waals surface area contributed by atoms with Crippen molar-refractivity contribution in [2.45, 2.75) is 31.6 Å². The van der Waals surface area contributed by atoms with E-state index in [1.54, 1.807) is 12.1 Å². The highest BCUT2D eigenvalue weighted by Crippen LogP contribution is 2.32. The fraction of sp³-hybridized carbons (Fsp3) is 0.368. The zero-order valence-electron chi connectivity index (χ0n) is 14.6. The van der Waals surface area contributed by atoms with Gasteiger partial charge in [-0.05, 0) is 24.1 Å². The summed E-state index contributed by atoms with van der Waals surface area (Å²) in [4.78, 5) is 26.3. The van der Waals surface area contributed by atoms with E-state index in [9.17, 15) is 14.7 Å². The molecule has 2 heterocycles. The summed E-state index contributed by atoms with van der Waals surface area (Å²) in [6.07, 6.45) is 0.975. The first-order chi connectivity index (χ1) is 12.6. The smallest absolute Gasteiger partial charge is 0.325 e. The predicted octanol–water partition coefficient (Wildman–Crippen LogP) is 2.01. The van der Waals surface area contributed by atoms with Gasteiger partial charge in [-0.15, -0.1) is 0 Å². The Hall–Kier alpha value is -2.64. The minimum atomic E-state index is -1.09. The second kappa shape index (κ2) is 7.72. The van der Waals surface area contributed by atoms with Crippen molar-refractivity contribution >= 4 is 11.9 Å². The van der Waals surface area contributed by atoms with Crippen LogP contribution in [0.4, 0.5) is 4.79 Å². The van der Waals surface area contributed by atoms with E-state index in [0.29, 0.717) is 12.2 Å². The van der Waals surface area contributed by atoms with Crippen molar-refractivity contribution in [2.75, 3.05) is 13.2 Å². The summed E-state index contributed by atoms with van der Waals surface area (Å²) in [5.41, 5.74) is -0.362. The van der Waals surface area contributed by atoms with E-state index in [1.807, 2.05) is 37.3 Å². The molecule has 1 aliphatic heterocycles. The number of imide groups is 1. The number of hydrogen-bond acceptors (Lipinski definition) is 5. The van der Waals surface area contributed by atoms with Crippen LogP contribution in [0.25, 0.3) is 0 Å². The normalized spacial score (nSPS) is 21.1. The number of nitrogens with zero attached hydrogens (tertiary/aromatic N) is 1. The SMILES string of the molecule is CC[C@]1(c2ccccc2)NC(=O)N(C[C@@H](O)COCc2ccco2)C1=O. The second-order valence-corrected chi connectivity index (χ2v) is 6.22. The maximum Gasteiger partial charge on any atom is 0.325 e. The van der Waals surface area contributed by atoms with Crippen LogP contribution in [0.3, 0.4) is 0 Å². The van der Waals surface area contributed by atoms with Gasteiger partial charge in [0.25, 0.3) is 5.91 Å². The molecule has 138 valence electrons. The molecule has 0 radical (unpaired) electrons. The molecule has 3 rings (SSSR count). The van der Waals surface area contributed by atoms with Gasteiger partial charge in [0.2, 0.25) is 0 Å². The zero-order valence-corrected chi connectivity index (χ0v) is 14.6. The summed E-state index contributed by atoms with van der Waals surface area (Å²) in [6.45, 7) is 1.92. The number of aliphatic hydroxyl groups excluding tert-OH is 1. The first-order valence-electron chi connectivity index (χ1n) is 8.54. The number of furan rings is 1. The molecule has 2 atom stereocenters. The summed E-state index contributed by atoms with van der Waals surface area (Å²) in [6, 6.07) is 12.1. The number of benzene rings is 1. The molecule has 1 aromatic heterocycles. The number of nitrogens with one attached hydrogen (secondary N) is 1. The average molecular weight is 358 g/mol. The lowest BCUT2D eigenvalue weighted by Gasteiger charge is -2.26. The van der Waals surface area contributed by atoms with Gasteiger partial charge in [-0.2, -0.15) is 0 Å². The third-order valence-electron chi connectivity index (χ3n) is 4.50. The molecule has 0 spiro atoms. The predicted molar refractivity (Wildman–Crippen MR) is 93.0 cm³/mol. The number of rotatable bonds is 8. The fourth-order valence-electron chi connectivity index (χ4n) is 3.11. The summed E-state index contributed by atoms with van der Waals surface area (Å²) in [5.74, 6) is 0.280. The second-order valence-electron chi connectivity index (χ2n) is 6.22. The summed E-state index contributed by atoms with van der Waals surface area (Å²) < 4.78 is 10.5. The molecule has 1 saturated heterocycles. The van der Waals surface area contributed by atoms with Gasteiger partial charge in [0.1, 0.15) is 17.9 Å². The van der Waals surface area contributed by atoms with Gasteiger partial charge < -0.3 is 19.6 Å². The summed E-state index contributed by atoms with van der Waals surface area (Å²) in [7, 11) is 0. The van der Waals surface area contributed by atoms with E-state index in [1.165, 1.54) is 6.26 Å². The van der Waals surface area contributed by atoms with Crippen LogP contribution < -0.4 is 5.32 Å². The number of carbonyl (C=O) groups is 2. The highest BCUT2D eigenvalue weighted by Gasteiger charge is 2.51. The molecule has 0 bridgehead atoms. The first-order valence-corrected chi connectivity index (χ1v) is 8.54. The quantitative estimate of drug-likeness (QED) is 0.705. The van der Waals surface area contributed by atoms with E-state index in [-0.39, 0.29) is 25.7 Å². The Morgan fingerprint density at radius 3 is 2.65 bits per heavy atom. The van der Waals surface area contributed by atoms with Crippen LogP contribution in [0.15, 0.2) is 53.1 Å². The molecule has 7 heteroatoms. The van der Waals surface area contributed by atoms with Gasteiger partial charge in [0.05, 0.1) is 25.5 Å². The van der Waals surface area contributed by atoms with Gasteiger partial charge in [-0.25, -0.2) is 4.79 Å². The summed E-state index contributed by atoms with van der Waals surface area (Å²) in [5, 5.41) is 12.9. The molecule has 0 saturated carbocycles. The number of β-amino-alcohol motifs (C(OH)–C–C–N with tert-alkyl or cyclic N) is 1. The average Bonchev–Trinajstić information content (AvgIpc) is 3.25. The molecule has 2 N–H and O–H groups in total. The van der Waals surface area contributed by atoms with Crippen LogP contribution in [-0.4, -0.2) is 41.2 Å². The van der Waals surface area contributed by atoms with E-state index in [4.69, 9.17) is 9.15 Å². The minimum absolute atomic E-state index is 0.0117. The lowest BCUT2D eigenvalue weighted by Crippen LogP contribution is -2.44. The van der Waals surface area contributed by atoms with Crippen molar-refractivity contribution < 1.29 is 23.8 Å². The number of ether oxygens (including phenoxy) is 1. The molecule has 1 fully saturated rings. The largest absolute Gasteiger partial charge is 0.467 e. The number of amides is 3. The highest BCUT2D eigenvalue weighted by molar-refractivity contribution is 6.07. The standard InChI is InChI=1S/C19H22N2O5/c1-2-19(14-7-4-3-5-8-14)17(23)21(18(24)20-19)11-15(22)12-25-13-16-9-6-10-26-16/h3-10,15,22H,2,11-13H2,1H3,(H,20,24)/t15-,19-/m1/s1. The molecular weight excluding hydrogens is 336 g/mol. The fourth-order valence-corrected chi connectivity index (χ4v) is 3.11. The lowest BCUT2D eigenvalue weighted by molar-refractivity contribution is -0.133. The van der Waals surface area contributed by atoms with E-state index >= 15 is 0 Å². The molecule has 26 heavy (non-hydrogen) atoms. The Morgan fingerprint density at radius 1 is 1.23 bits per heavy atom. The third kappa shape index (κ3) is 3.49. The van der Waals surface area contributed by atoms with Crippen LogP contribution >= 0.6 is 0 Å². The van der Waals surface area contributed by atoms with Crippen molar-refractivity contribution in [1.29, 1.82) is 0 Å². The van der Waals surface area contributed by atoms with Crippen molar-refractivity contribution in [3.05, 3.63) is 60.1 Å². The van der Waals surface area contributed by atoms with Gasteiger partial charge in [0, 0.05) is 0 Å². The van der Waals surface area contributed by atoms with Crippen molar-refractivity contribution in [1.82, 2.24) is 10.2 Å². The Balaban J connectivity index is 1.63. The maximum absolute atomic E-state index is 12.9. The van der Waals surface area contributed by atoms with E-state index in [2.05, 4.69) is 5.32 Å². The number of aliphatic hydroxyl groups is 1. The molecular formula is C19H22N2O5. The molecule has 0 aliphatic carbocycles. The Labute approximate surface area is 151 Å². The van der Waals surface area contributed by atoms with Gasteiger partial charge in [-0.3, -0.25) is 9.69 Å². The molecule has 7 nitrogen and oxygen atoms in total. The lowest BCUT2D eigenvalue weighted by atomic mass is 9.87. The van der Waals surface area contributed by atoms with E-state index < -0.39 is 17.7 Å². The van der Waals surface area contributed by atoms with Crippen LogP contribution in [0.5, 0.6) is 0 Å². The third-order valence-corrected chi connectivity index (χ3v) is 4.50. The van der Waals surface area contributed by atoms with Crippen LogP contribution in [0.1, 0.15) is 24.7 Å². The topological polar surface area (TPSA) is 92.0 Å². The first kappa shape index (κ1) is 18.2. The van der Waals surface area contributed by atoms with Gasteiger partial charge >= 0.3 is 6.03 Å². The zero-order chi connectivity index (χ0) is 18.6. The number of urea groups is 1. The van der Waals surface area contributed by atoms with Crippen LogP contribution in [-0.2, 0) is 21.7 Å². The van der Waals surface area contributed by atoms with Crippen LogP contribution in [0, 0.1) is 0 Å². The van der Waals surface area contributed by atoms with Crippen LogP contribution in [0.2, 0.25) is 0 Å². The van der Waals surface area contributed by atoms with Gasteiger partial charge in [-0.1, -0.05) is 37.3 Å². The molecule has 3 amide bonds. The maximum atomic E-state index is 12.9. The van der Waals surface area contributed by atoms with Crippen molar-refractivity contribution in [3.63, 3.8) is 0 Å². The van der Waals surface area contributed by atoms with Crippen molar-refractivity contribution in [2.24, 2.45) is 0 Å². The van der Waals surface area contributed by atoms with Gasteiger partial charge in [0.15, 0.2) is 0 Å². The van der Waals surface area contributed by atoms with E-state index in [0.717, 1.165) is 10.5 Å². The Kier molecular flexibility index (Phi) is 5.39. The molecule has 1 aliphatic rings. The molecule has 1 aromatic carbocycles. The Bertz CT molecular complexity index is 747. The monoisotopic (exact) mass is 358 g/mol. The molecule has 2 aromatic rings. The number of hydrogen-bond donors (Lipinski definition) is 2. The number of carbonyl (C=O) groups excluding carboxylic acids is 2. The Morgan fingerprint density at radius 2 is 2.00 bits per heavy atom. The summed E-state index contributed by atoms with van der Waals surface area (Å²) >= 11 is 0.